The van der Waals surface area contributed by atoms with E-state index < -0.39 is 11.7 Å². The first kappa shape index (κ1) is 9.92. The van der Waals surface area contributed by atoms with Crippen molar-refractivity contribution < 1.29 is 14.9 Å². The van der Waals surface area contributed by atoms with E-state index in [0.29, 0.717) is 0 Å². The molecule has 4 nitrogen and oxygen atoms in total. The third-order valence-electron chi connectivity index (χ3n) is 2.44. The Balaban J connectivity index is 2.72. The number of hydrogen-bond donors (Lipinski definition) is 3. The van der Waals surface area contributed by atoms with Crippen LogP contribution in [0.5, 0.6) is 0 Å². The van der Waals surface area contributed by atoms with Crippen LogP contribution >= 0.6 is 0 Å². The minimum atomic E-state index is -0.985. The standard InChI is InChI=1S/C8H17NO3/c1-5-6(10)7(9-3)8(2,11)4-12-5/h5-7,9-11H,4H2,1-3H3. The maximum absolute atomic E-state index is 9.77. The first-order chi connectivity index (χ1) is 5.49. The summed E-state index contributed by atoms with van der Waals surface area (Å²) >= 11 is 0. The molecule has 0 saturated carbocycles. The van der Waals surface area contributed by atoms with Crippen LogP contribution in [0.15, 0.2) is 0 Å². The van der Waals surface area contributed by atoms with Crippen LogP contribution in [0.4, 0.5) is 0 Å². The molecule has 1 saturated heterocycles. The zero-order valence-corrected chi connectivity index (χ0v) is 7.74. The van der Waals surface area contributed by atoms with E-state index in [0.717, 1.165) is 0 Å². The molecule has 4 heteroatoms. The summed E-state index contributed by atoms with van der Waals surface area (Å²) in [6.07, 6.45) is -0.874. The lowest BCUT2D eigenvalue weighted by Gasteiger charge is -2.43. The highest BCUT2D eigenvalue weighted by atomic mass is 16.5. The highest BCUT2D eigenvalue weighted by molar-refractivity contribution is 4.97. The van der Waals surface area contributed by atoms with Gasteiger partial charge in [-0.15, -0.1) is 0 Å². The van der Waals surface area contributed by atoms with E-state index in [9.17, 15) is 10.2 Å². The fraction of sp³-hybridized carbons (Fsp3) is 1.00. The third kappa shape index (κ3) is 1.61. The Morgan fingerprint density at radius 3 is 2.58 bits per heavy atom. The smallest absolute Gasteiger partial charge is 0.103 e. The zero-order valence-electron chi connectivity index (χ0n) is 7.74. The summed E-state index contributed by atoms with van der Waals surface area (Å²) in [5, 5.41) is 22.3. The Labute approximate surface area is 72.5 Å². The van der Waals surface area contributed by atoms with Gasteiger partial charge < -0.3 is 20.3 Å². The molecule has 0 aromatic carbocycles. The molecule has 3 N–H and O–H groups in total. The minimum Gasteiger partial charge on any atom is -0.389 e. The first-order valence-corrected chi connectivity index (χ1v) is 4.18. The highest BCUT2D eigenvalue weighted by Crippen LogP contribution is 2.23. The van der Waals surface area contributed by atoms with Gasteiger partial charge in [0.15, 0.2) is 0 Å². The molecule has 12 heavy (non-hydrogen) atoms. The summed E-state index contributed by atoms with van der Waals surface area (Å²) < 4.78 is 5.20. The molecule has 4 unspecified atom stereocenters. The molecule has 1 fully saturated rings. The number of rotatable bonds is 1. The second-order valence-electron chi connectivity index (χ2n) is 3.63. The fourth-order valence-electron chi connectivity index (χ4n) is 1.61. The highest BCUT2D eigenvalue weighted by Gasteiger charge is 2.43. The number of aliphatic hydroxyl groups excluding tert-OH is 1. The van der Waals surface area contributed by atoms with Gasteiger partial charge >= 0.3 is 0 Å². The van der Waals surface area contributed by atoms with Gasteiger partial charge in [0.25, 0.3) is 0 Å². The van der Waals surface area contributed by atoms with Gasteiger partial charge in [-0.25, -0.2) is 0 Å². The zero-order chi connectivity index (χ0) is 9.35. The molecular formula is C8H17NO3. The predicted molar refractivity (Wildman–Crippen MR) is 44.9 cm³/mol. The number of aliphatic hydroxyl groups is 2. The first-order valence-electron chi connectivity index (χ1n) is 4.18. The summed E-state index contributed by atoms with van der Waals surface area (Å²) in [6, 6.07) is -0.318. The maximum Gasteiger partial charge on any atom is 0.103 e. The molecular weight excluding hydrogens is 158 g/mol. The predicted octanol–water partition coefficient (Wildman–Crippen LogP) is -0.895. The van der Waals surface area contributed by atoms with Crippen molar-refractivity contribution in [2.24, 2.45) is 0 Å². The second kappa shape index (κ2) is 3.30. The number of hydrogen-bond acceptors (Lipinski definition) is 4. The molecule has 1 aliphatic heterocycles. The van der Waals surface area contributed by atoms with E-state index in [1.165, 1.54) is 0 Å². The van der Waals surface area contributed by atoms with E-state index in [4.69, 9.17) is 4.74 Å². The van der Waals surface area contributed by atoms with Crippen LogP contribution in [0.3, 0.4) is 0 Å². The monoisotopic (exact) mass is 175 g/mol. The number of nitrogens with one attached hydrogen (secondary N) is 1. The van der Waals surface area contributed by atoms with Gasteiger partial charge in [-0.1, -0.05) is 0 Å². The summed E-state index contributed by atoms with van der Waals surface area (Å²) in [5.41, 5.74) is -0.985. The van der Waals surface area contributed by atoms with Crippen LogP contribution in [-0.2, 0) is 4.74 Å². The normalized spacial score (nSPS) is 49.2. The molecule has 1 aliphatic rings. The van der Waals surface area contributed by atoms with E-state index in [2.05, 4.69) is 5.32 Å². The lowest BCUT2D eigenvalue weighted by atomic mass is 9.88. The van der Waals surface area contributed by atoms with Crippen molar-refractivity contribution in [3.05, 3.63) is 0 Å². The van der Waals surface area contributed by atoms with E-state index in [1.807, 2.05) is 0 Å². The fourth-order valence-corrected chi connectivity index (χ4v) is 1.61. The molecule has 0 aromatic rings. The van der Waals surface area contributed by atoms with Crippen molar-refractivity contribution in [2.75, 3.05) is 13.7 Å². The number of ether oxygens (including phenoxy) is 1. The molecule has 4 atom stereocenters. The van der Waals surface area contributed by atoms with Crippen molar-refractivity contribution in [3.8, 4) is 0 Å². The Hall–Kier alpha value is -0.160. The average molecular weight is 175 g/mol. The number of likely N-dealkylation sites (N-methyl/N-ethyl adjacent to an activating group) is 1. The minimum absolute atomic E-state index is 0.220. The van der Waals surface area contributed by atoms with Gasteiger partial charge in [-0.3, -0.25) is 0 Å². The van der Waals surface area contributed by atoms with Gasteiger partial charge in [-0.2, -0.15) is 0 Å². The Morgan fingerprint density at radius 2 is 2.17 bits per heavy atom. The molecule has 0 aromatic heterocycles. The topological polar surface area (TPSA) is 61.7 Å². The lowest BCUT2D eigenvalue weighted by molar-refractivity contribution is -0.176. The lowest BCUT2D eigenvalue weighted by Crippen LogP contribution is -2.64. The molecule has 0 spiro atoms. The molecule has 0 bridgehead atoms. The summed E-state index contributed by atoms with van der Waals surface area (Å²) in [7, 11) is 1.72. The summed E-state index contributed by atoms with van der Waals surface area (Å²) in [4.78, 5) is 0. The molecule has 72 valence electrons. The molecule has 0 radical (unpaired) electrons. The van der Waals surface area contributed by atoms with Crippen LogP contribution < -0.4 is 5.32 Å². The molecule has 1 rings (SSSR count). The maximum atomic E-state index is 9.77. The van der Waals surface area contributed by atoms with Gasteiger partial charge in [0.2, 0.25) is 0 Å². The van der Waals surface area contributed by atoms with Crippen LogP contribution in [-0.4, -0.2) is 47.7 Å². The summed E-state index contributed by atoms with van der Waals surface area (Å²) in [5.74, 6) is 0. The Kier molecular flexibility index (Phi) is 2.73. The molecule has 0 amide bonds. The van der Waals surface area contributed by atoms with E-state index in [-0.39, 0.29) is 18.8 Å². The Morgan fingerprint density at radius 1 is 1.58 bits per heavy atom. The molecule has 1 heterocycles. The third-order valence-corrected chi connectivity index (χ3v) is 2.44. The van der Waals surface area contributed by atoms with Crippen LogP contribution in [0.25, 0.3) is 0 Å². The average Bonchev–Trinajstić information content (AvgIpc) is 1.99. The van der Waals surface area contributed by atoms with Crippen LogP contribution in [0.1, 0.15) is 13.8 Å². The van der Waals surface area contributed by atoms with Crippen molar-refractivity contribution in [3.63, 3.8) is 0 Å². The van der Waals surface area contributed by atoms with Crippen LogP contribution in [0, 0.1) is 0 Å². The largest absolute Gasteiger partial charge is 0.389 e. The molecule has 0 aliphatic carbocycles. The van der Waals surface area contributed by atoms with Crippen LogP contribution in [0.2, 0.25) is 0 Å². The van der Waals surface area contributed by atoms with Gasteiger partial charge in [0.05, 0.1) is 24.9 Å². The van der Waals surface area contributed by atoms with Gasteiger partial charge in [0, 0.05) is 0 Å². The van der Waals surface area contributed by atoms with Crippen molar-refractivity contribution in [2.45, 2.75) is 37.7 Å². The second-order valence-corrected chi connectivity index (χ2v) is 3.63. The SMILES string of the molecule is CNC1C(O)C(C)OCC1(C)O. The van der Waals surface area contributed by atoms with Crippen molar-refractivity contribution >= 4 is 0 Å². The quantitative estimate of drug-likeness (QED) is 0.483. The van der Waals surface area contributed by atoms with E-state index in [1.54, 1.807) is 20.9 Å². The summed E-state index contributed by atoms with van der Waals surface area (Å²) in [6.45, 7) is 3.71. The van der Waals surface area contributed by atoms with Gasteiger partial charge in [0.1, 0.15) is 5.60 Å². The van der Waals surface area contributed by atoms with Gasteiger partial charge in [-0.05, 0) is 20.9 Å². The Bertz CT molecular complexity index is 160. The van der Waals surface area contributed by atoms with Crippen molar-refractivity contribution in [1.29, 1.82) is 0 Å². The van der Waals surface area contributed by atoms with Crippen molar-refractivity contribution in [1.82, 2.24) is 5.32 Å². The van der Waals surface area contributed by atoms with E-state index >= 15 is 0 Å².